The summed E-state index contributed by atoms with van der Waals surface area (Å²) in [6, 6.07) is 0. The van der Waals surface area contributed by atoms with Gasteiger partial charge in [-0.25, -0.2) is 0 Å². The molecule has 5 unspecified atom stereocenters. The largest absolute Gasteiger partial charge is 0.0839 e. The summed E-state index contributed by atoms with van der Waals surface area (Å²) >= 11 is 0. The van der Waals surface area contributed by atoms with Gasteiger partial charge in [0.05, 0.1) is 0 Å². The van der Waals surface area contributed by atoms with Gasteiger partial charge < -0.3 is 0 Å². The third-order valence-corrected chi connectivity index (χ3v) is 6.92. The first-order valence-corrected chi connectivity index (χ1v) is 9.53. The zero-order valence-corrected chi connectivity index (χ0v) is 13.8. The summed E-state index contributed by atoms with van der Waals surface area (Å²) in [6.07, 6.45) is 29.6. The second-order valence-electron chi connectivity index (χ2n) is 7.95. The second kappa shape index (κ2) is 5.51. The number of hydrogen-bond acceptors (Lipinski definition) is 0. The number of allylic oxidation sites excluding steroid dienone is 12. The highest BCUT2D eigenvalue weighted by molar-refractivity contribution is 5.42. The maximum atomic E-state index is 2.51. The molecule has 0 amide bonds. The van der Waals surface area contributed by atoms with E-state index in [0.717, 1.165) is 23.7 Å². The van der Waals surface area contributed by atoms with Crippen molar-refractivity contribution in [1.29, 1.82) is 0 Å². The summed E-state index contributed by atoms with van der Waals surface area (Å²) in [5.41, 5.74) is 5.22. The lowest BCUT2D eigenvalue weighted by molar-refractivity contribution is 0.483. The van der Waals surface area contributed by atoms with Gasteiger partial charge in [-0.15, -0.1) is 0 Å². The highest BCUT2D eigenvalue weighted by atomic mass is 14.5. The zero-order chi connectivity index (χ0) is 15.2. The van der Waals surface area contributed by atoms with E-state index in [0.29, 0.717) is 5.92 Å². The monoisotopic (exact) mass is 302 g/mol. The molecule has 118 valence electrons. The van der Waals surface area contributed by atoms with E-state index in [2.05, 4.69) is 54.7 Å². The third-order valence-electron chi connectivity index (χ3n) is 6.92. The van der Waals surface area contributed by atoms with Crippen LogP contribution >= 0.6 is 0 Å². The molecule has 0 heterocycles. The highest BCUT2D eigenvalue weighted by Gasteiger charge is 2.41. The molecule has 5 rings (SSSR count). The number of rotatable bonds is 2. The fourth-order valence-corrected chi connectivity index (χ4v) is 5.84. The summed E-state index contributed by atoms with van der Waals surface area (Å²) in [7, 11) is 0. The Bertz CT molecular complexity index is 679. The van der Waals surface area contributed by atoms with Crippen molar-refractivity contribution in [1.82, 2.24) is 0 Å². The molecule has 0 aromatic rings. The van der Waals surface area contributed by atoms with Crippen LogP contribution in [0.3, 0.4) is 0 Å². The average Bonchev–Trinajstić information content (AvgIpc) is 3.31. The Morgan fingerprint density at radius 1 is 0.652 bits per heavy atom. The number of hydrogen-bond donors (Lipinski definition) is 0. The Labute approximate surface area is 140 Å². The molecule has 0 aliphatic heterocycles. The van der Waals surface area contributed by atoms with Crippen LogP contribution in [0.2, 0.25) is 0 Å². The fourth-order valence-electron chi connectivity index (χ4n) is 5.84. The van der Waals surface area contributed by atoms with Crippen LogP contribution < -0.4 is 0 Å². The molecule has 0 radical (unpaired) electrons. The Morgan fingerprint density at radius 3 is 2.22 bits per heavy atom. The molecular formula is C23H26. The summed E-state index contributed by atoms with van der Waals surface area (Å²) in [5.74, 6) is 3.85. The van der Waals surface area contributed by atoms with Gasteiger partial charge in [0, 0.05) is 11.8 Å². The zero-order valence-electron chi connectivity index (χ0n) is 13.8. The van der Waals surface area contributed by atoms with Crippen LogP contribution in [0.25, 0.3) is 0 Å². The first-order chi connectivity index (χ1) is 11.4. The van der Waals surface area contributed by atoms with E-state index in [1.54, 1.807) is 16.7 Å². The van der Waals surface area contributed by atoms with Crippen molar-refractivity contribution in [3.8, 4) is 0 Å². The predicted molar refractivity (Wildman–Crippen MR) is 96.8 cm³/mol. The first-order valence-electron chi connectivity index (χ1n) is 9.53. The molecule has 0 saturated heterocycles. The van der Waals surface area contributed by atoms with Crippen LogP contribution in [0.15, 0.2) is 71.4 Å². The topological polar surface area (TPSA) is 0 Å². The maximum absolute atomic E-state index is 2.51. The molecule has 0 aromatic heterocycles. The lowest BCUT2D eigenvalue weighted by Crippen LogP contribution is -2.19. The van der Waals surface area contributed by atoms with Crippen LogP contribution in [0.4, 0.5) is 0 Å². The van der Waals surface area contributed by atoms with Gasteiger partial charge in [-0.3, -0.25) is 0 Å². The maximum Gasteiger partial charge on any atom is 0.00547 e. The Balaban J connectivity index is 1.44. The molecule has 5 atom stereocenters. The summed E-state index contributed by atoms with van der Waals surface area (Å²) in [5, 5.41) is 0. The predicted octanol–water partition coefficient (Wildman–Crippen LogP) is 5.92. The van der Waals surface area contributed by atoms with Gasteiger partial charge in [0.25, 0.3) is 0 Å². The molecular weight excluding hydrogens is 276 g/mol. The summed E-state index contributed by atoms with van der Waals surface area (Å²) < 4.78 is 0. The molecule has 23 heavy (non-hydrogen) atoms. The Kier molecular flexibility index (Phi) is 3.32. The molecule has 0 aromatic carbocycles. The van der Waals surface area contributed by atoms with E-state index in [1.165, 1.54) is 38.5 Å². The normalized spacial score (nSPS) is 40.7. The van der Waals surface area contributed by atoms with Gasteiger partial charge in [-0.2, -0.15) is 0 Å². The van der Waals surface area contributed by atoms with Crippen molar-refractivity contribution in [2.75, 3.05) is 0 Å². The van der Waals surface area contributed by atoms with E-state index in [1.807, 2.05) is 0 Å². The van der Waals surface area contributed by atoms with Crippen molar-refractivity contribution in [2.24, 2.45) is 29.6 Å². The van der Waals surface area contributed by atoms with Crippen LogP contribution in [-0.4, -0.2) is 0 Å². The lowest BCUT2D eigenvalue weighted by atomic mass is 9.75. The average molecular weight is 302 g/mol. The van der Waals surface area contributed by atoms with Crippen molar-refractivity contribution in [2.45, 2.75) is 38.5 Å². The smallest absolute Gasteiger partial charge is 0.00547 e. The minimum Gasteiger partial charge on any atom is -0.0839 e. The van der Waals surface area contributed by atoms with E-state index in [4.69, 9.17) is 0 Å². The van der Waals surface area contributed by atoms with Crippen LogP contribution in [0.1, 0.15) is 38.5 Å². The van der Waals surface area contributed by atoms with Crippen molar-refractivity contribution in [3.63, 3.8) is 0 Å². The molecule has 0 spiro atoms. The van der Waals surface area contributed by atoms with Crippen LogP contribution in [0.5, 0.6) is 0 Å². The Morgan fingerprint density at radius 2 is 1.35 bits per heavy atom. The SMILES string of the molecule is C1=CCC2CCC(C3=CC=CC3C3CCC4CC=CC=C43)C2=C1. The van der Waals surface area contributed by atoms with Crippen molar-refractivity contribution < 1.29 is 0 Å². The molecule has 0 heteroatoms. The van der Waals surface area contributed by atoms with E-state index >= 15 is 0 Å². The van der Waals surface area contributed by atoms with E-state index in [9.17, 15) is 0 Å². The van der Waals surface area contributed by atoms with E-state index < -0.39 is 0 Å². The summed E-state index contributed by atoms with van der Waals surface area (Å²) in [4.78, 5) is 0. The molecule has 2 saturated carbocycles. The van der Waals surface area contributed by atoms with E-state index in [-0.39, 0.29) is 0 Å². The van der Waals surface area contributed by atoms with Gasteiger partial charge in [0.1, 0.15) is 0 Å². The molecule has 5 aliphatic rings. The van der Waals surface area contributed by atoms with Gasteiger partial charge in [-0.1, -0.05) is 71.4 Å². The van der Waals surface area contributed by atoms with Gasteiger partial charge in [0.2, 0.25) is 0 Å². The molecule has 0 bridgehead atoms. The quantitative estimate of drug-likeness (QED) is 0.593. The number of fused-ring (bicyclic) bond motifs is 2. The minimum absolute atomic E-state index is 0.674. The van der Waals surface area contributed by atoms with Crippen molar-refractivity contribution in [3.05, 3.63) is 71.4 Å². The molecule has 2 fully saturated rings. The third kappa shape index (κ3) is 2.18. The highest BCUT2D eigenvalue weighted by Crippen LogP contribution is 2.53. The molecule has 0 N–H and O–H groups in total. The molecule has 5 aliphatic carbocycles. The Hall–Kier alpha value is -1.56. The second-order valence-corrected chi connectivity index (χ2v) is 7.95. The van der Waals surface area contributed by atoms with Gasteiger partial charge in [0.15, 0.2) is 0 Å². The first kappa shape index (κ1) is 13.8. The van der Waals surface area contributed by atoms with Crippen molar-refractivity contribution >= 4 is 0 Å². The lowest BCUT2D eigenvalue weighted by Gasteiger charge is -2.29. The summed E-state index contributed by atoms with van der Waals surface area (Å²) in [6.45, 7) is 0. The van der Waals surface area contributed by atoms with Crippen LogP contribution in [0, 0.1) is 29.6 Å². The van der Waals surface area contributed by atoms with Gasteiger partial charge >= 0.3 is 0 Å². The fraction of sp³-hybridized carbons (Fsp3) is 0.478. The standard InChI is InChI=1S/C23H26/c1-3-8-18-16(6-1)12-14-22(18)20-10-5-11-21(20)23-15-13-17-7-2-4-9-19(17)23/h1-5,8-11,16-17,20,22-23H,6-7,12-15H2. The molecule has 0 nitrogen and oxygen atoms in total. The van der Waals surface area contributed by atoms with Gasteiger partial charge in [-0.05, 0) is 56.3 Å². The minimum atomic E-state index is 0.674. The van der Waals surface area contributed by atoms with Crippen LogP contribution in [-0.2, 0) is 0 Å².